The van der Waals surface area contributed by atoms with E-state index in [2.05, 4.69) is 0 Å². The van der Waals surface area contributed by atoms with Gasteiger partial charge in [-0.3, -0.25) is 4.79 Å². The number of ketones is 1. The van der Waals surface area contributed by atoms with Crippen molar-refractivity contribution in [1.82, 2.24) is 0 Å². The highest BCUT2D eigenvalue weighted by molar-refractivity contribution is 5.81. The molecule has 0 amide bonds. The fraction of sp³-hybridized carbons (Fsp3) is 0.417. The quantitative estimate of drug-likeness (QED) is 0.759. The maximum atomic E-state index is 12.6. The Bertz CT molecular complexity index is 446. The monoisotopic (exact) mass is 284 g/mol. The summed E-state index contributed by atoms with van der Waals surface area (Å²) in [5.74, 6) is -0.867. The third kappa shape index (κ3) is 5.32. The number of benzene rings is 1. The third-order valence-electron chi connectivity index (χ3n) is 2.40. The number of carbonyl (C=O) groups is 1. The standard InChI is InChI=1S/C12H10F6O/c13-11(14,15)6-5-9(19)7-8-3-1-2-4-10(8)12(16,17)18/h1-4H,5-7H2. The summed E-state index contributed by atoms with van der Waals surface area (Å²) in [4.78, 5) is 11.3. The van der Waals surface area contributed by atoms with Gasteiger partial charge in [0.05, 0.1) is 12.0 Å². The molecule has 0 unspecified atom stereocenters. The summed E-state index contributed by atoms with van der Waals surface area (Å²) < 4.78 is 73.4. The zero-order valence-electron chi connectivity index (χ0n) is 9.61. The van der Waals surface area contributed by atoms with Gasteiger partial charge < -0.3 is 0 Å². The number of Topliss-reactive ketones (excluding diaryl/α,β-unsaturated/α-hetero) is 1. The molecule has 19 heavy (non-hydrogen) atoms. The topological polar surface area (TPSA) is 17.1 Å². The second-order valence-electron chi connectivity index (χ2n) is 3.99. The Kier molecular flexibility index (Phi) is 4.60. The molecule has 0 fully saturated rings. The molecule has 0 atom stereocenters. The average molecular weight is 284 g/mol. The van der Waals surface area contributed by atoms with Crippen LogP contribution < -0.4 is 0 Å². The molecule has 0 radical (unpaired) electrons. The highest BCUT2D eigenvalue weighted by Crippen LogP contribution is 2.32. The summed E-state index contributed by atoms with van der Waals surface area (Å²) >= 11 is 0. The number of alkyl halides is 6. The van der Waals surface area contributed by atoms with Crippen LogP contribution in [0, 0.1) is 0 Å². The minimum atomic E-state index is -4.62. The Hall–Kier alpha value is -1.53. The smallest absolute Gasteiger partial charge is 0.299 e. The number of halogens is 6. The van der Waals surface area contributed by atoms with Crippen LogP contribution in [0.15, 0.2) is 24.3 Å². The lowest BCUT2D eigenvalue weighted by Crippen LogP contribution is -2.15. The molecule has 0 aliphatic heterocycles. The summed E-state index contributed by atoms with van der Waals surface area (Å²) in [5.41, 5.74) is -1.29. The summed E-state index contributed by atoms with van der Waals surface area (Å²) in [6.45, 7) is 0. The predicted molar refractivity (Wildman–Crippen MR) is 55.4 cm³/mol. The second-order valence-corrected chi connectivity index (χ2v) is 3.99. The van der Waals surface area contributed by atoms with Crippen molar-refractivity contribution in [3.63, 3.8) is 0 Å². The second kappa shape index (κ2) is 5.63. The van der Waals surface area contributed by atoms with Crippen molar-refractivity contribution < 1.29 is 31.1 Å². The van der Waals surface area contributed by atoms with Crippen molar-refractivity contribution in [2.45, 2.75) is 31.6 Å². The molecule has 0 aromatic heterocycles. The molecule has 0 aliphatic carbocycles. The van der Waals surface area contributed by atoms with E-state index >= 15 is 0 Å². The van der Waals surface area contributed by atoms with Gasteiger partial charge in [0, 0.05) is 12.8 Å². The van der Waals surface area contributed by atoms with Crippen LogP contribution in [0.25, 0.3) is 0 Å². The van der Waals surface area contributed by atoms with Gasteiger partial charge in [0.2, 0.25) is 0 Å². The fourth-order valence-corrected chi connectivity index (χ4v) is 1.53. The van der Waals surface area contributed by atoms with E-state index in [1.807, 2.05) is 0 Å². The number of rotatable bonds is 4. The van der Waals surface area contributed by atoms with E-state index in [0.29, 0.717) is 0 Å². The molecule has 0 aliphatic rings. The van der Waals surface area contributed by atoms with Crippen molar-refractivity contribution in [3.8, 4) is 0 Å². The van der Waals surface area contributed by atoms with E-state index in [1.165, 1.54) is 6.07 Å². The Morgan fingerprint density at radius 3 is 2.11 bits per heavy atom. The molecule has 0 saturated carbocycles. The first kappa shape index (κ1) is 15.5. The van der Waals surface area contributed by atoms with Crippen LogP contribution in [0.3, 0.4) is 0 Å². The molecule has 0 N–H and O–H groups in total. The van der Waals surface area contributed by atoms with E-state index in [9.17, 15) is 31.1 Å². The summed E-state index contributed by atoms with van der Waals surface area (Å²) in [5, 5.41) is 0. The molecule has 7 heteroatoms. The van der Waals surface area contributed by atoms with Gasteiger partial charge in [0.15, 0.2) is 0 Å². The predicted octanol–water partition coefficient (Wildman–Crippen LogP) is 4.16. The minimum absolute atomic E-state index is 0.304. The highest BCUT2D eigenvalue weighted by atomic mass is 19.4. The zero-order chi connectivity index (χ0) is 14.7. The molecule has 1 aromatic carbocycles. The minimum Gasteiger partial charge on any atom is -0.299 e. The SMILES string of the molecule is O=C(CCC(F)(F)F)Cc1ccccc1C(F)(F)F. The van der Waals surface area contributed by atoms with E-state index in [4.69, 9.17) is 0 Å². The maximum Gasteiger partial charge on any atom is 0.416 e. The first-order valence-electron chi connectivity index (χ1n) is 5.33. The van der Waals surface area contributed by atoms with Gasteiger partial charge in [-0.2, -0.15) is 26.3 Å². The zero-order valence-corrected chi connectivity index (χ0v) is 9.61. The molecule has 0 spiro atoms. The number of hydrogen-bond donors (Lipinski definition) is 0. The first-order valence-corrected chi connectivity index (χ1v) is 5.33. The van der Waals surface area contributed by atoms with Gasteiger partial charge in [0.25, 0.3) is 0 Å². The van der Waals surface area contributed by atoms with Crippen LogP contribution in [0.5, 0.6) is 0 Å². The summed E-state index contributed by atoms with van der Waals surface area (Å²) in [7, 11) is 0. The van der Waals surface area contributed by atoms with Gasteiger partial charge in [-0.05, 0) is 11.6 Å². The van der Waals surface area contributed by atoms with E-state index in [0.717, 1.165) is 18.2 Å². The van der Waals surface area contributed by atoms with Crippen LogP contribution in [-0.2, 0) is 17.4 Å². The molecule has 0 bridgehead atoms. The Labute approximate surface area is 105 Å². The normalized spacial score (nSPS) is 12.5. The van der Waals surface area contributed by atoms with Gasteiger partial charge in [0.1, 0.15) is 5.78 Å². The molecule has 1 nitrogen and oxygen atoms in total. The lowest BCUT2D eigenvalue weighted by molar-refractivity contribution is -0.143. The molecule has 0 saturated heterocycles. The number of hydrogen-bond acceptors (Lipinski definition) is 1. The van der Waals surface area contributed by atoms with Crippen LogP contribution in [0.4, 0.5) is 26.3 Å². The van der Waals surface area contributed by atoms with Crippen molar-refractivity contribution in [2.75, 3.05) is 0 Å². The molecule has 0 heterocycles. The largest absolute Gasteiger partial charge is 0.416 e. The molecule has 1 rings (SSSR count). The van der Waals surface area contributed by atoms with Gasteiger partial charge in [-0.1, -0.05) is 18.2 Å². The average Bonchev–Trinajstić information content (AvgIpc) is 2.25. The third-order valence-corrected chi connectivity index (χ3v) is 2.40. The Morgan fingerprint density at radius 2 is 1.58 bits per heavy atom. The van der Waals surface area contributed by atoms with Crippen LogP contribution in [-0.4, -0.2) is 12.0 Å². The van der Waals surface area contributed by atoms with Crippen LogP contribution >= 0.6 is 0 Å². The molecular formula is C12H10F6O. The maximum absolute atomic E-state index is 12.6. The van der Waals surface area contributed by atoms with Crippen LogP contribution in [0.2, 0.25) is 0 Å². The summed E-state index contributed by atoms with van der Waals surface area (Å²) in [6.07, 6.45) is -11.9. The van der Waals surface area contributed by atoms with Gasteiger partial charge in [-0.25, -0.2) is 0 Å². The number of carbonyl (C=O) groups excluding carboxylic acids is 1. The van der Waals surface area contributed by atoms with Gasteiger partial charge >= 0.3 is 12.4 Å². The van der Waals surface area contributed by atoms with Crippen molar-refractivity contribution >= 4 is 5.78 Å². The van der Waals surface area contributed by atoms with Crippen molar-refractivity contribution in [3.05, 3.63) is 35.4 Å². The molecular weight excluding hydrogens is 274 g/mol. The lowest BCUT2D eigenvalue weighted by atomic mass is 10.00. The fourth-order valence-electron chi connectivity index (χ4n) is 1.53. The van der Waals surface area contributed by atoms with E-state index in [1.54, 1.807) is 0 Å². The Balaban J connectivity index is 2.75. The molecule has 1 aromatic rings. The Morgan fingerprint density at radius 1 is 1.00 bits per heavy atom. The van der Waals surface area contributed by atoms with Crippen LogP contribution in [0.1, 0.15) is 24.0 Å². The van der Waals surface area contributed by atoms with E-state index < -0.39 is 43.0 Å². The lowest BCUT2D eigenvalue weighted by Gasteiger charge is -2.12. The molecule has 106 valence electrons. The van der Waals surface area contributed by atoms with E-state index in [-0.39, 0.29) is 5.56 Å². The van der Waals surface area contributed by atoms with Gasteiger partial charge in [-0.15, -0.1) is 0 Å². The summed E-state index contributed by atoms with van der Waals surface area (Å²) in [6, 6.07) is 4.36. The highest BCUT2D eigenvalue weighted by Gasteiger charge is 2.33. The van der Waals surface area contributed by atoms with Crippen molar-refractivity contribution in [2.24, 2.45) is 0 Å². The first-order chi connectivity index (χ1) is 8.59. The van der Waals surface area contributed by atoms with Crippen molar-refractivity contribution in [1.29, 1.82) is 0 Å².